The minimum absolute atomic E-state index is 0.0181. The van der Waals surface area contributed by atoms with Gasteiger partial charge in [0.25, 0.3) is 5.69 Å². The van der Waals surface area contributed by atoms with E-state index in [0.29, 0.717) is 17.7 Å². The van der Waals surface area contributed by atoms with Gasteiger partial charge in [-0.15, -0.1) is 0 Å². The number of hydrogen-bond acceptors (Lipinski definition) is 4. The molecule has 0 N–H and O–H groups in total. The predicted molar refractivity (Wildman–Crippen MR) is 66.0 cm³/mol. The predicted octanol–water partition coefficient (Wildman–Crippen LogP) is 2.21. The molecular weight excluding hydrogens is 234 g/mol. The third-order valence-corrected chi connectivity index (χ3v) is 2.18. The Morgan fingerprint density at radius 3 is 2.78 bits per heavy atom. The van der Waals surface area contributed by atoms with E-state index in [-0.39, 0.29) is 18.1 Å². The lowest BCUT2D eigenvalue weighted by molar-refractivity contribution is -0.384. The molecule has 1 aromatic carbocycles. The van der Waals surface area contributed by atoms with Gasteiger partial charge in [0.05, 0.1) is 11.5 Å². The first-order valence-corrected chi connectivity index (χ1v) is 5.44. The standard InChI is InChI=1S/C13H13NO4/c1-3-18-13(15)6-4-5-11-7-8-12(14(16)17)9-10(11)2/h7-9H,3,6H2,1-2H3. The Morgan fingerprint density at radius 2 is 2.22 bits per heavy atom. The third-order valence-electron chi connectivity index (χ3n) is 2.18. The number of hydrogen-bond donors (Lipinski definition) is 0. The summed E-state index contributed by atoms with van der Waals surface area (Å²) in [4.78, 5) is 21.1. The second-order valence-corrected chi connectivity index (χ2v) is 3.54. The molecular formula is C13H13NO4. The molecule has 0 unspecified atom stereocenters. The number of rotatable bonds is 3. The molecule has 18 heavy (non-hydrogen) atoms. The molecule has 0 aliphatic rings. The number of carbonyl (C=O) groups excluding carboxylic acids is 1. The number of ether oxygens (including phenoxy) is 1. The van der Waals surface area contributed by atoms with E-state index in [4.69, 9.17) is 4.74 Å². The molecule has 0 aromatic heterocycles. The summed E-state index contributed by atoms with van der Waals surface area (Å²) in [5.41, 5.74) is 1.41. The molecule has 1 aromatic rings. The van der Waals surface area contributed by atoms with Gasteiger partial charge in [-0.25, -0.2) is 0 Å². The zero-order valence-corrected chi connectivity index (χ0v) is 10.2. The fourth-order valence-corrected chi connectivity index (χ4v) is 1.33. The van der Waals surface area contributed by atoms with Crippen molar-refractivity contribution < 1.29 is 14.5 Å². The van der Waals surface area contributed by atoms with Crippen LogP contribution in [0.3, 0.4) is 0 Å². The maximum atomic E-state index is 11.0. The quantitative estimate of drug-likeness (QED) is 0.355. The molecule has 0 aliphatic heterocycles. The van der Waals surface area contributed by atoms with Crippen LogP contribution in [-0.4, -0.2) is 17.5 Å². The first-order chi connectivity index (χ1) is 8.54. The van der Waals surface area contributed by atoms with Gasteiger partial charge in [-0.3, -0.25) is 14.9 Å². The summed E-state index contributed by atoms with van der Waals surface area (Å²) in [6.07, 6.45) is 0.0181. The summed E-state index contributed by atoms with van der Waals surface area (Å²) in [5, 5.41) is 10.5. The van der Waals surface area contributed by atoms with Gasteiger partial charge in [-0.1, -0.05) is 11.8 Å². The van der Waals surface area contributed by atoms with Crippen LogP contribution in [-0.2, 0) is 9.53 Å². The van der Waals surface area contributed by atoms with Crippen LogP contribution in [0.15, 0.2) is 18.2 Å². The maximum absolute atomic E-state index is 11.0. The van der Waals surface area contributed by atoms with E-state index in [0.717, 1.165) is 0 Å². The highest BCUT2D eigenvalue weighted by Crippen LogP contribution is 2.16. The zero-order valence-electron chi connectivity index (χ0n) is 10.2. The van der Waals surface area contributed by atoms with Gasteiger partial charge in [0, 0.05) is 17.7 Å². The number of nitro benzene ring substituents is 1. The summed E-state index contributed by atoms with van der Waals surface area (Å²) in [5.74, 6) is 5.11. The zero-order chi connectivity index (χ0) is 13.5. The molecule has 5 heteroatoms. The number of carbonyl (C=O) groups is 1. The smallest absolute Gasteiger partial charge is 0.317 e. The van der Waals surface area contributed by atoms with Crippen molar-refractivity contribution in [3.05, 3.63) is 39.4 Å². The molecule has 0 aliphatic carbocycles. The van der Waals surface area contributed by atoms with E-state index in [9.17, 15) is 14.9 Å². The molecule has 0 radical (unpaired) electrons. The SMILES string of the molecule is CCOC(=O)CC#Cc1ccc([N+](=O)[O-])cc1C. The van der Waals surface area contributed by atoms with Crippen molar-refractivity contribution in [1.29, 1.82) is 0 Å². The molecule has 0 bridgehead atoms. The molecule has 0 saturated heterocycles. The third kappa shape index (κ3) is 3.91. The normalized spacial score (nSPS) is 9.22. The van der Waals surface area contributed by atoms with Crippen LogP contribution in [0.5, 0.6) is 0 Å². The Bertz CT molecular complexity index is 526. The molecule has 0 saturated carbocycles. The van der Waals surface area contributed by atoms with E-state index in [1.54, 1.807) is 19.9 Å². The van der Waals surface area contributed by atoms with E-state index < -0.39 is 4.92 Å². The van der Waals surface area contributed by atoms with E-state index >= 15 is 0 Å². The summed E-state index contributed by atoms with van der Waals surface area (Å²) in [7, 11) is 0. The summed E-state index contributed by atoms with van der Waals surface area (Å²) in [6, 6.07) is 4.42. The van der Waals surface area contributed by atoms with Gasteiger partial charge in [0.15, 0.2) is 0 Å². The van der Waals surface area contributed by atoms with Crippen molar-refractivity contribution in [2.45, 2.75) is 20.3 Å². The van der Waals surface area contributed by atoms with E-state index in [2.05, 4.69) is 11.8 Å². The molecule has 5 nitrogen and oxygen atoms in total. The average molecular weight is 247 g/mol. The minimum atomic E-state index is -0.456. The average Bonchev–Trinajstić information content (AvgIpc) is 2.31. The maximum Gasteiger partial charge on any atom is 0.317 e. The molecule has 0 atom stereocenters. The highest BCUT2D eigenvalue weighted by molar-refractivity contribution is 5.72. The second-order valence-electron chi connectivity index (χ2n) is 3.54. The Hall–Kier alpha value is -2.35. The van der Waals surface area contributed by atoms with Crippen molar-refractivity contribution in [3.8, 4) is 11.8 Å². The monoisotopic (exact) mass is 247 g/mol. The highest BCUT2D eigenvalue weighted by Gasteiger charge is 2.06. The molecule has 0 heterocycles. The Balaban J connectivity index is 2.77. The van der Waals surface area contributed by atoms with Crippen molar-refractivity contribution in [2.24, 2.45) is 0 Å². The number of aryl methyl sites for hydroxylation is 1. The van der Waals surface area contributed by atoms with Gasteiger partial charge in [-0.05, 0) is 25.5 Å². The number of esters is 1. The molecule has 0 spiro atoms. The molecule has 94 valence electrons. The van der Waals surface area contributed by atoms with Crippen molar-refractivity contribution in [2.75, 3.05) is 6.61 Å². The largest absolute Gasteiger partial charge is 0.465 e. The number of nitrogens with zero attached hydrogens (tertiary/aromatic N) is 1. The van der Waals surface area contributed by atoms with Crippen LogP contribution in [0.2, 0.25) is 0 Å². The Kier molecular flexibility index (Phi) is 4.88. The van der Waals surface area contributed by atoms with Crippen LogP contribution in [0.25, 0.3) is 0 Å². The fraction of sp³-hybridized carbons (Fsp3) is 0.308. The van der Waals surface area contributed by atoms with Gasteiger partial charge >= 0.3 is 5.97 Å². The van der Waals surface area contributed by atoms with Gasteiger partial charge in [0.2, 0.25) is 0 Å². The molecule has 1 rings (SSSR count). The van der Waals surface area contributed by atoms with Crippen LogP contribution in [0.1, 0.15) is 24.5 Å². The first kappa shape index (κ1) is 13.7. The molecule has 0 amide bonds. The number of benzene rings is 1. The van der Waals surface area contributed by atoms with E-state index in [1.807, 2.05) is 0 Å². The highest BCUT2D eigenvalue weighted by atomic mass is 16.6. The van der Waals surface area contributed by atoms with Gasteiger partial charge < -0.3 is 4.74 Å². The lowest BCUT2D eigenvalue weighted by atomic mass is 10.1. The second kappa shape index (κ2) is 6.40. The van der Waals surface area contributed by atoms with Gasteiger partial charge in [-0.2, -0.15) is 0 Å². The van der Waals surface area contributed by atoms with Crippen LogP contribution >= 0.6 is 0 Å². The van der Waals surface area contributed by atoms with Crippen molar-refractivity contribution >= 4 is 11.7 Å². The topological polar surface area (TPSA) is 69.4 Å². The lowest BCUT2D eigenvalue weighted by Gasteiger charge is -1.98. The van der Waals surface area contributed by atoms with E-state index in [1.165, 1.54) is 12.1 Å². The lowest BCUT2D eigenvalue weighted by Crippen LogP contribution is -2.01. The van der Waals surface area contributed by atoms with Crippen LogP contribution < -0.4 is 0 Å². The summed E-state index contributed by atoms with van der Waals surface area (Å²) >= 11 is 0. The van der Waals surface area contributed by atoms with Gasteiger partial charge in [0.1, 0.15) is 6.42 Å². The summed E-state index contributed by atoms with van der Waals surface area (Å²) < 4.78 is 4.73. The Labute approximate surface area is 105 Å². The van der Waals surface area contributed by atoms with Crippen molar-refractivity contribution in [1.82, 2.24) is 0 Å². The van der Waals surface area contributed by atoms with Crippen LogP contribution in [0.4, 0.5) is 5.69 Å². The minimum Gasteiger partial charge on any atom is -0.465 e. The Morgan fingerprint density at radius 1 is 1.50 bits per heavy atom. The number of non-ortho nitro benzene ring substituents is 1. The fourth-order valence-electron chi connectivity index (χ4n) is 1.33. The van der Waals surface area contributed by atoms with Crippen molar-refractivity contribution in [3.63, 3.8) is 0 Å². The first-order valence-electron chi connectivity index (χ1n) is 5.44. The number of nitro groups is 1. The summed E-state index contributed by atoms with van der Waals surface area (Å²) in [6.45, 7) is 3.80. The molecule has 0 fully saturated rings. The van der Waals surface area contributed by atoms with Crippen LogP contribution in [0, 0.1) is 28.9 Å².